The highest BCUT2D eigenvalue weighted by molar-refractivity contribution is 4.87. The van der Waals surface area contributed by atoms with Crippen molar-refractivity contribution in [3.05, 3.63) is 18.4 Å². The van der Waals surface area contributed by atoms with Gasteiger partial charge in [-0.1, -0.05) is 6.92 Å². The van der Waals surface area contributed by atoms with Crippen LogP contribution in [0, 0.1) is 0 Å². The minimum atomic E-state index is 0.827. The van der Waals surface area contributed by atoms with Gasteiger partial charge in [-0.25, -0.2) is 4.98 Å². The van der Waals surface area contributed by atoms with Crippen LogP contribution in [0.2, 0.25) is 0 Å². The molecule has 0 saturated carbocycles. The second-order valence-electron chi connectivity index (χ2n) is 3.46. The number of hydrogen-bond donors (Lipinski definition) is 1. The van der Waals surface area contributed by atoms with Gasteiger partial charge in [0.05, 0.1) is 12.7 Å². The van der Waals surface area contributed by atoms with Gasteiger partial charge in [0.15, 0.2) is 6.39 Å². The monoisotopic (exact) mass is 197 g/mol. The first-order valence-electron chi connectivity index (χ1n) is 5.09. The van der Waals surface area contributed by atoms with Crippen LogP contribution in [-0.2, 0) is 6.54 Å². The molecule has 0 saturated heterocycles. The predicted octanol–water partition coefficient (Wildman–Crippen LogP) is 1.11. The molecule has 1 aromatic rings. The molecule has 4 heteroatoms. The third kappa shape index (κ3) is 4.39. The highest BCUT2D eigenvalue weighted by Gasteiger charge is 2.01. The molecule has 0 bridgehead atoms. The summed E-state index contributed by atoms with van der Waals surface area (Å²) in [5.41, 5.74) is 0. The van der Waals surface area contributed by atoms with Crippen LogP contribution in [0.5, 0.6) is 0 Å². The summed E-state index contributed by atoms with van der Waals surface area (Å²) in [4.78, 5) is 6.09. The highest BCUT2D eigenvalue weighted by atomic mass is 16.3. The summed E-state index contributed by atoms with van der Waals surface area (Å²) in [5.74, 6) is 0.919. The van der Waals surface area contributed by atoms with E-state index in [0.717, 1.165) is 31.9 Å². The molecule has 1 N–H and O–H groups in total. The van der Waals surface area contributed by atoms with E-state index in [1.807, 2.05) is 0 Å². The van der Waals surface area contributed by atoms with E-state index in [1.165, 1.54) is 12.8 Å². The molecule has 0 fully saturated rings. The summed E-state index contributed by atoms with van der Waals surface area (Å²) in [5, 5.41) is 3.36. The first-order valence-corrected chi connectivity index (χ1v) is 5.09. The van der Waals surface area contributed by atoms with Gasteiger partial charge in [0.2, 0.25) is 0 Å². The molecule has 1 aromatic heterocycles. The minimum absolute atomic E-state index is 0.827. The van der Waals surface area contributed by atoms with E-state index in [2.05, 4.69) is 29.2 Å². The second-order valence-corrected chi connectivity index (χ2v) is 3.46. The van der Waals surface area contributed by atoms with Crippen molar-refractivity contribution in [2.75, 3.05) is 26.7 Å². The molecular weight excluding hydrogens is 178 g/mol. The van der Waals surface area contributed by atoms with Crippen LogP contribution in [0.3, 0.4) is 0 Å². The van der Waals surface area contributed by atoms with Crippen molar-refractivity contribution in [1.82, 2.24) is 15.2 Å². The van der Waals surface area contributed by atoms with Crippen LogP contribution in [0.1, 0.15) is 19.1 Å². The van der Waals surface area contributed by atoms with Gasteiger partial charge in [0, 0.05) is 13.1 Å². The standard InChI is InChI=1S/C10H19N3O/c1-3-4-11-5-6-13(2)8-10-7-12-9-14-10/h7,9,11H,3-6,8H2,1-2H3. The van der Waals surface area contributed by atoms with E-state index >= 15 is 0 Å². The molecule has 0 amide bonds. The Morgan fingerprint density at radius 3 is 3.00 bits per heavy atom. The number of rotatable bonds is 7. The van der Waals surface area contributed by atoms with E-state index in [0.29, 0.717) is 0 Å². The van der Waals surface area contributed by atoms with Gasteiger partial charge in [0.1, 0.15) is 5.76 Å². The Morgan fingerprint density at radius 1 is 1.50 bits per heavy atom. The number of aromatic nitrogens is 1. The van der Waals surface area contributed by atoms with Crippen LogP contribution in [0.25, 0.3) is 0 Å². The van der Waals surface area contributed by atoms with Gasteiger partial charge in [-0.15, -0.1) is 0 Å². The Hall–Kier alpha value is -0.870. The van der Waals surface area contributed by atoms with Crippen molar-refractivity contribution >= 4 is 0 Å². The molecule has 0 spiro atoms. The number of hydrogen-bond acceptors (Lipinski definition) is 4. The summed E-state index contributed by atoms with van der Waals surface area (Å²) in [7, 11) is 2.08. The molecule has 1 rings (SSSR count). The minimum Gasteiger partial charge on any atom is -0.447 e. The Morgan fingerprint density at radius 2 is 2.36 bits per heavy atom. The van der Waals surface area contributed by atoms with Crippen molar-refractivity contribution < 1.29 is 4.42 Å². The molecule has 4 nitrogen and oxygen atoms in total. The average molecular weight is 197 g/mol. The van der Waals surface area contributed by atoms with Crippen LogP contribution < -0.4 is 5.32 Å². The maximum absolute atomic E-state index is 5.16. The molecule has 0 aliphatic carbocycles. The average Bonchev–Trinajstić information content (AvgIpc) is 2.65. The Kier molecular flexibility index (Phi) is 5.25. The van der Waals surface area contributed by atoms with Gasteiger partial charge in [-0.3, -0.25) is 4.90 Å². The zero-order valence-electron chi connectivity index (χ0n) is 8.99. The lowest BCUT2D eigenvalue weighted by atomic mass is 10.4. The summed E-state index contributed by atoms with van der Waals surface area (Å²) in [6.07, 6.45) is 4.42. The van der Waals surface area contributed by atoms with Gasteiger partial charge >= 0.3 is 0 Å². The Bertz CT molecular complexity index is 223. The molecule has 0 unspecified atom stereocenters. The van der Waals surface area contributed by atoms with E-state index in [1.54, 1.807) is 6.20 Å². The van der Waals surface area contributed by atoms with Crippen molar-refractivity contribution in [1.29, 1.82) is 0 Å². The van der Waals surface area contributed by atoms with E-state index in [-0.39, 0.29) is 0 Å². The van der Waals surface area contributed by atoms with Gasteiger partial charge in [-0.2, -0.15) is 0 Å². The second kappa shape index (κ2) is 6.56. The molecule has 1 heterocycles. The molecule has 0 atom stereocenters. The van der Waals surface area contributed by atoms with Crippen molar-refractivity contribution in [2.24, 2.45) is 0 Å². The summed E-state index contributed by atoms with van der Waals surface area (Å²) in [6.45, 7) is 6.15. The van der Waals surface area contributed by atoms with E-state index in [4.69, 9.17) is 4.42 Å². The molecule has 0 aromatic carbocycles. The zero-order valence-corrected chi connectivity index (χ0v) is 8.99. The molecule has 0 radical (unpaired) electrons. The predicted molar refractivity (Wildman–Crippen MR) is 56.0 cm³/mol. The molecule has 0 aliphatic rings. The Labute approximate surface area is 85.3 Å². The van der Waals surface area contributed by atoms with Crippen molar-refractivity contribution in [3.63, 3.8) is 0 Å². The Balaban J connectivity index is 2.07. The molecular formula is C10H19N3O. The maximum Gasteiger partial charge on any atom is 0.180 e. The maximum atomic E-state index is 5.16. The van der Waals surface area contributed by atoms with Crippen LogP contribution in [0.4, 0.5) is 0 Å². The normalized spacial score (nSPS) is 11.1. The first-order chi connectivity index (χ1) is 6.83. The van der Waals surface area contributed by atoms with E-state index < -0.39 is 0 Å². The van der Waals surface area contributed by atoms with Crippen molar-refractivity contribution in [3.8, 4) is 0 Å². The number of oxazole rings is 1. The fourth-order valence-electron chi connectivity index (χ4n) is 1.24. The lowest BCUT2D eigenvalue weighted by molar-refractivity contribution is 0.294. The lowest BCUT2D eigenvalue weighted by Crippen LogP contribution is -2.29. The third-order valence-electron chi connectivity index (χ3n) is 2.01. The zero-order chi connectivity index (χ0) is 10.2. The fourth-order valence-corrected chi connectivity index (χ4v) is 1.24. The first kappa shape index (κ1) is 11.2. The molecule has 14 heavy (non-hydrogen) atoms. The smallest absolute Gasteiger partial charge is 0.180 e. The summed E-state index contributed by atoms with van der Waals surface area (Å²) in [6, 6.07) is 0. The quantitative estimate of drug-likeness (QED) is 0.665. The molecule has 80 valence electrons. The summed E-state index contributed by atoms with van der Waals surface area (Å²) >= 11 is 0. The van der Waals surface area contributed by atoms with Crippen LogP contribution in [-0.4, -0.2) is 36.6 Å². The number of nitrogens with one attached hydrogen (secondary N) is 1. The van der Waals surface area contributed by atoms with Gasteiger partial charge in [0.25, 0.3) is 0 Å². The third-order valence-corrected chi connectivity index (χ3v) is 2.01. The van der Waals surface area contributed by atoms with Gasteiger partial charge in [-0.05, 0) is 20.0 Å². The lowest BCUT2D eigenvalue weighted by Gasteiger charge is -2.14. The highest BCUT2D eigenvalue weighted by Crippen LogP contribution is 1.99. The van der Waals surface area contributed by atoms with Crippen LogP contribution >= 0.6 is 0 Å². The van der Waals surface area contributed by atoms with E-state index in [9.17, 15) is 0 Å². The topological polar surface area (TPSA) is 41.3 Å². The molecule has 0 aliphatic heterocycles. The fraction of sp³-hybridized carbons (Fsp3) is 0.700. The van der Waals surface area contributed by atoms with Crippen molar-refractivity contribution in [2.45, 2.75) is 19.9 Å². The number of likely N-dealkylation sites (N-methyl/N-ethyl adjacent to an activating group) is 1. The van der Waals surface area contributed by atoms with Crippen LogP contribution in [0.15, 0.2) is 17.0 Å². The largest absolute Gasteiger partial charge is 0.447 e. The SMILES string of the molecule is CCCNCCN(C)Cc1cnco1. The number of nitrogens with zero attached hydrogens (tertiary/aromatic N) is 2. The van der Waals surface area contributed by atoms with Gasteiger partial charge < -0.3 is 9.73 Å². The summed E-state index contributed by atoms with van der Waals surface area (Å²) < 4.78 is 5.16.